The van der Waals surface area contributed by atoms with Gasteiger partial charge in [0.2, 0.25) is 0 Å². The first-order chi connectivity index (χ1) is 10.5. The molecule has 1 aromatic rings. The Kier molecular flexibility index (Phi) is 5.89. The Bertz CT molecular complexity index is 497. The van der Waals surface area contributed by atoms with Gasteiger partial charge in [0.15, 0.2) is 0 Å². The fraction of sp³-hybridized carbons (Fsp3) is 0.571. The summed E-state index contributed by atoms with van der Waals surface area (Å²) >= 11 is 0. The summed E-state index contributed by atoms with van der Waals surface area (Å²) in [5.74, 6) is 0.232. The molecule has 1 atom stereocenters. The minimum absolute atomic E-state index is 0.0472. The van der Waals surface area contributed by atoms with E-state index >= 15 is 0 Å². The van der Waals surface area contributed by atoms with E-state index in [0.29, 0.717) is 0 Å². The lowest BCUT2D eigenvalue weighted by atomic mass is 9.92. The third-order valence-corrected chi connectivity index (χ3v) is 3.19. The van der Waals surface area contributed by atoms with Crippen molar-refractivity contribution in [3.05, 3.63) is 29.8 Å². The Morgan fingerprint density at radius 2 is 1.57 bits per heavy atom. The predicted octanol–water partition coefficient (Wildman–Crippen LogP) is 5.00. The fourth-order valence-corrected chi connectivity index (χ4v) is 1.96. The first kappa shape index (κ1) is 19.5. The number of alkyl halides is 7. The number of hydrogen-bond acceptors (Lipinski definition) is 2. The van der Waals surface area contributed by atoms with Crippen molar-refractivity contribution in [3.8, 4) is 5.75 Å². The number of benzene rings is 1. The average molecular weight is 348 g/mol. The largest absolute Gasteiger partial charge is 0.494 e. The molecule has 0 aliphatic carbocycles. The van der Waals surface area contributed by atoms with E-state index in [1.165, 1.54) is 24.3 Å². The van der Waals surface area contributed by atoms with Crippen LogP contribution in [0.4, 0.5) is 30.7 Å². The molecule has 23 heavy (non-hydrogen) atoms. The molecule has 0 aromatic heterocycles. The lowest BCUT2D eigenvalue weighted by Gasteiger charge is -2.32. The second-order valence-corrected chi connectivity index (χ2v) is 4.73. The monoisotopic (exact) mass is 348 g/mol. The zero-order valence-electron chi connectivity index (χ0n) is 12.3. The van der Waals surface area contributed by atoms with Crippen molar-refractivity contribution in [1.82, 2.24) is 0 Å². The molecule has 1 unspecified atom stereocenters. The van der Waals surface area contributed by atoms with Crippen LogP contribution in [0.5, 0.6) is 5.75 Å². The highest BCUT2D eigenvalue weighted by Crippen LogP contribution is 2.51. The molecule has 0 bridgehead atoms. The van der Waals surface area contributed by atoms with Crippen molar-refractivity contribution >= 4 is 0 Å². The van der Waals surface area contributed by atoms with E-state index in [2.05, 4.69) is 4.74 Å². The molecule has 2 nitrogen and oxygen atoms in total. The molecule has 0 saturated carbocycles. The highest BCUT2D eigenvalue weighted by atomic mass is 19.4. The van der Waals surface area contributed by atoms with Crippen molar-refractivity contribution in [2.24, 2.45) is 0 Å². The molecule has 0 radical (unpaired) electrons. The zero-order valence-corrected chi connectivity index (χ0v) is 12.3. The van der Waals surface area contributed by atoms with E-state index < -0.39 is 30.5 Å². The number of halogens is 7. The van der Waals surface area contributed by atoms with Gasteiger partial charge in [-0.1, -0.05) is 12.1 Å². The smallest absolute Gasteiger partial charge is 0.431 e. The van der Waals surface area contributed by atoms with Gasteiger partial charge in [-0.2, -0.15) is 26.3 Å². The Morgan fingerprint density at radius 1 is 1.00 bits per heavy atom. The van der Waals surface area contributed by atoms with E-state index in [0.717, 1.165) is 7.11 Å². The third-order valence-electron chi connectivity index (χ3n) is 3.19. The van der Waals surface area contributed by atoms with Crippen LogP contribution < -0.4 is 4.74 Å². The summed E-state index contributed by atoms with van der Waals surface area (Å²) in [4.78, 5) is 0. The lowest BCUT2D eigenvalue weighted by molar-refractivity contribution is -0.348. The molecule has 0 heterocycles. The summed E-state index contributed by atoms with van der Waals surface area (Å²) in [5.41, 5.74) is -5.42. The normalized spacial score (nSPS) is 14.7. The summed E-state index contributed by atoms with van der Waals surface area (Å²) in [5, 5.41) is 0. The van der Waals surface area contributed by atoms with Gasteiger partial charge in [0, 0.05) is 13.5 Å². The standard InChI is InChI=1S/C14H15F7O2/c1-3-23-10-6-4-5-9(7-10)11(22-2)8-12(15,13(16,17)18)14(19,20)21/h4-7,11H,3,8H2,1-2H3. The summed E-state index contributed by atoms with van der Waals surface area (Å²) in [6.07, 6.45) is -15.9. The molecule has 132 valence electrons. The molecule has 9 heteroatoms. The molecule has 0 amide bonds. The Morgan fingerprint density at radius 3 is 2.00 bits per heavy atom. The molecule has 0 saturated heterocycles. The van der Waals surface area contributed by atoms with Crippen molar-refractivity contribution in [2.45, 2.75) is 37.5 Å². The minimum atomic E-state index is -6.11. The van der Waals surface area contributed by atoms with Crippen molar-refractivity contribution < 1.29 is 40.2 Å². The van der Waals surface area contributed by atoms with Crippen LogP contribution in [-0.4, -0.2) is 31.7 Å². The maximum Gasteiger partial charge on any atom is 0.431 e. The van der Waals surface area contributed by atoms with Gasteiger partial charge in [0.25, 0.3) is 0 Å². The Hall–Kier alpha value is -1.51. The summed E-state index contributed by atoms with van der Waals surface area (Å²) < 4.78 is 99.4. The highest BCUT2D eigenvalue weighted by molar-refractivity contribution is 5.30. The third kappa shape index (κ3) is 4.27. The Labute approximate surface area is 128 Å². The molecule has 0 N–H and O–H groups in total. The molecule has 0 aliphatic rings. The average Bonchev–Trinajstić information content (AvgIpc) is 2.42. The van der Waals surface area contributed by atoms with Crippen LogP contribution in [0.15, 0.2) is 24.3 Å². The number of methoxy groups -OCH3 is 1. The van der Waals surface area contributed by atoms with E-state index in [-0.39, 0.29) is 17.9 Å². The molecular weight excluding hydrogens is 333 g/mol. The second-order valence-electron chi connectivity index (χ2n) is 4.73. The van der Waals surface area contributed by atoms with Gasteiger partial charge in [0.1, 0.15) is 5.75 Å². The molecule has 0 aliphatic heterocycles. The number of hydrogen-bond donors (Lipinski definition) is 0. The number of ether oxygens (including phenoxy) is 2. The quantitative estimate of drug-likeness (QED) is 0.674. The van der Waals surface area contributed by atoms with Crippen molar-refractivity contribution in [2.75, 3.05) is 13.7 Å². The predicted molar refractivity (Wildman–Crippen MR) is 67.9 cm³/mol. The van der Waals surface area contributed by atoms with Crippen LogP contribution in [0.3, 0.4) is 0 Å². The summed E-state index contributed by atoms with van der Waals surface area (Å²) in [6.45, 7) is 1.90. The van der Waals surface area contributed by atoms with E-state index in [4.69, 9.17) is 4.74 Å². The molecule has 1 rings (SSSR count). The summed E-state index contributed by atoms with van der Waals surface area (Å²) in [6, 6.07) is 5.29. The van der Waals surface area contributed by atoms with Gasteiger partial charge in [-0.25, -0.2) is 4.39 Å². The van der Waals surface area contributed by atoms with Crippen LogP contribution in [0.1, 0.15) is 25.0 Å². The van der Waals surface area contributed by atoms with Gasteiger partial charge in [-0.15, -0.1) is 0 Å². The Balaban J connectivity index is 3.17. The molecule has 0 fully saturated rings. The van der Waals surface area contributed by atoms with Gasteiger partial charge in [-0.05, 0) is 24.6 Å². The minimum Gasteiger partial charge on any atom is -0.494 e. The lowest BCUT2D eigenvalue weighted by Crippen LogP contribution is -2.54. The van der Waals surface area contributed by atoms with Crippen molar-refractivity contribution in [3.63, 3.8) is 0 Å². The number of rotatable bonds is 6. The second kappa shape index (κ2) is 6.94. The van der Waals surface area contributed by atoms with Crippen LogP contribution in [0.25, 0.3) is 0 Å². The molecule has 1 aromatic carbocycles. The van der Waals surface area contributed by atoms with Gasteiger partial charge in [-0.3, -0.25) is 0 Å². The highest BCUT2D eigenvalue weighted by Gasteiger charge is 2.72. The maximum absolute atomic E-state index is 13.8. The first-order valence-corrected chi connectivity index (χ1v) is 6.54. The van der Waals surface area contributed by atoms with E-state index in [1.807, 2.05) is 0 Å². The molecular formula is C14H15F7O2. The zero-order chi connectivity index (χ0) is 17.9. The van der Waals surface area contributed by atoms with Gasteiger partial charge < -0.3 is 9.47 Å². The SMILES string of the molecule is CCOc1cccc(C(CC(F)(C(F)(F)F)C(F)(F)F)OC)c1. The van der Waals surface area contributed by atoms with Crippen LogP contribution in [-0.2, 0) is 4.74 Å². The van der Waals surface area contributed by atoms with E-state index in [1.54, 1.807) is 6.92 Å². The van der Waals surface area contributed by atoms with E-state index in [9.17, 15) is 30.7 Å². The molecule has 0 spiro atoms. The maximum atomic E-state index is 13.8. The topological polar surface area (TPSA) is 18.5 Å². The van der Waals surface area contributed by atoms with Crippen molar-refractivity contribution in [1.29, 1.82) is 0 Å². The summed E-state index contributed by atoms with van der Waals surface area (Å²) in [7, 11) is 0.908. The first-order valence-electron chi connectivity index (χ1n) is 6.54. The fourth-order valence-electron chi connectivity index (χ4n) is 1.96. The van der Waals surface area contributed by atoms with Crippen LogP contribution in [0, 0.1) is 0 Å². The van der Waals surface area contributed by atoms with Crippen LogP contribution >= 0.6 is 0 Å². The van der Waals surface area contributed by atoms with Crippen LogP contribution in [0.2, 0.25) is 0 Å². The van der Waals surface area contributed by atoms with Gasteiger partial charge >= 0.3 is 18.0 Å². The van der Waals surface area contributed by atoms with Gasteiger partial charge in [0.05, 0.1) is 12.7 Å².